The second-order valence-corrected chi connectivity index (χ2v) is 3.89. The summed E-state index contributed by atoms with van der Waals surface area (Å²) in [7, 11) is 2.13. The fourth-order valence-corrected chi connectivity index (χ4v) is 1.44. The molecule has 0 aliphatic heterocycles. The van der Waals surface area contributed by atoms with Gasteiger partial charge in [-0.05, 0) is 31.2 Å². The fourth-order valence-electron chi connectivity index (χ4n) is 1.29. The molecule has 0 saturated carbocycles. The number of hydrogen-bond acceptors (Lipinski definition) is 3. The number of thiol groups is 1. The van der Waals surface area contributed by atoms with Crippen molar-refractivity contribution in [1.82, 2.24) is 9.88 Å². The fraction of sp³-hybridized carbons (Fsp3) is 0.417. The number of hydrogen-bond donors (Lipinski definition) is 1. The van der Waals surface area contributed by atoms with Gasteiger partial charge in [-0.2, -0.15) is 12.6 Å². The zero-order chi connectivity index (χ0) is 10.9. The summed E-state index contributed by atoms with van der Waals surface area (Å²) >= 11 is 4.12. The molecule has 3 heteroatoms. The largest absolute Gasteiger partial charge is 0.302 e. The number of rotatable bonds is 6. The molecule has 0 fully saturated rings. The van der Waals surface area contributed by atoms with Crippen molar-refractivity contribution in [3.05, 3.63) is 42.2 Å². The summed E-state index contributed by atoms with van der Waals surface area (Å²) in [4.78, 5) is 6.29. The van der Waals surface area contributed by atoms with Gasteiger partial charge in [0.25, 0.3) is 0 Å². The Labute approximate surface area is 97.4 Å². The van der Waals surface area contributed by atoms with Crippen LogP contribution in [0.3, 0.4) is 0 Å². The van der Waals surface area contributed by atoms with Gasteiger partial charge in [-0.25, -0.2) is 0 Å². The van der Waals surface area contributed by atoms with Gasteiger partial charge in [-0.3, -0.25) is 4.98 Å². The van der Waals surface area contributed by atoms with Gasteiger partial charge in [0.2, 0.25) is 0 Å². The van der Waals surface area contributed by atoms with E-state index in [4.69, 9.17) is 0 Å². The van der Waals surface area contributed by atoms with Crippen LogP contribution in [-0.4, -0.2) is 35.8 Å². The van der Waals surface area contributed by atoms with Crippen LogP contribution in [0.1, 0.15) is 5.56 Å². The molecule has 0 bridgehead atoms. The predicted molar refractivity (Wildman–Crippen MR) is 68.4 cm³/mol. The minimum absolute atomic E-state index is 0.818. The maximum absolute atomic E-state index is 4.12. The van der Waals surface area contributed by atoms with Crippen LogP contribution in [0.4, 0.5) is 0 Å². The van der Waals surface area contributed by atoms with E-state index in [0.717, 1.165) is 25.3 Å². The van der Waals surface area contributed by atoms with E-state index in [1.807, 2.05) is 12.4 Å². The third-order valence-electron chi connectivity index (χ3n) is 2.22. The lowest BCUT2D eigenvalue weighted by Gasteiger charge is -2.13. The Kier molecular flexibility index (Phi) is 6.12. The molecule has 0 amide bonds. The van der Waals surface area contributed by atoms with Crippen LogP contribution in [0.2, 0.25) is 0 Å². The van der Waals surface area contributed by atoms with Crippen LogP contribution in [0.5, 0.6) is 0 Å². The van der Waals surface area contributed by atoms with E-state index in [0.29, 0.717) is 0 Å². The van der Waals surface area contributed by atoms with Crippen molar-refractivity contribution in [2.75, 3.05) is 25.9 Å². The van der Waals surface area contributed by atoms with Crippen LogP contribution in [0, 0.1) is 0 Å². The molecule has 82 valence electrons. The highest BCUT2D eigenvalue weighted by molar-refractivity contribution is 7.80. The lowest BCUT2D eigenvalue weighted by molar-refractivity contribution is 0.375. The normalized spacial score (nSPS) is 11.4. The van der Waals surface area contributed by atoms with Gasteiger partial charge >= 0.3 is 0 Å². The zero-order valence-corrected chi connectivity index (χ0v) is 10.0. The summed E-state index contributed by atoms with van der Waals surface area (Å²) < 4.78 is 0. The second-order valence-electron chi connectivity index (χ2n) is 3.52. The molecule has 0 saturated heterocycles. The van der Waals surface area contributed by atoms with Gasteiger partial charge < -0.3 is 4.90 Å². The summed E-state index contributed by atoms with van der Waals surface area (Å²) in [6.07, 6.45) is 8.99. The minimum atomic E-state index is 0.818. The van der Waals surface area contributed by atoms with E-state index < -0.39 is 0 Å². The molecule has 0 aliphatic rings. The van der Waals surface area contributed by atoms with E-state index in [1.54, 1.807) is 0 Å². The van der Waals surface area contributed by atoms with Gasteiger partial charge in [0.1, 0.15) is 0 Å². The van der Waals surface area contributed by atoms with E-state index in [-0.39, 0.29) is 0 Å². The Balaban J connectivity index is 2.22. The van der Waals surface area contributed by atoms with E-state index in [9.17, 15) is 0 Å². The van der Waals surface area contributed by atoms with Crippen LogP contribution in [-0.2, 0) is 6.42 Å². The van der Waals surface area contributed by atoms with E-state index in [1.165, 1.54) is 5.56 Å². The standard InChI is InChI=1S/C12H18N2S/c1-14(9-2-3-11-15)10-6-12-4-7-13-8-5-12/h2-5,7-8,15H,6,9-11H2,1H3. The molecular weight excluding hydrogens is 204 g/mol. The molecule has 1 aromatic heterocycles. The first kappa shape index (κ1) is 12.3. The highest BCUT2D eigenvalue weighted by Gasteiger charge is 1.96. The van der Waals surface area contributed by atoms with Crippen molar-refractivity contribution in [3.8, 4) is 0 Å². The molecule has 0 aromatic carbocycles. The molecule has 0 N–H and O–H groups in total. The average Bonchev–Trinajstić information content (AvgIpc) is 2.28. The Hall–Kier alpha value is -0.800. The predicted octanol–water partition coefficient (Wildman–Crippen LogP) is 2.04. The number of aromatic nitrogens is 1. The van der Waals surface area contributed by atoms with Crippen molar-refractivity contribution in [2.45, 2.75) is 6.42 Å². The van der Waals surface area contributed by atoms with Gasteiger partial charge in [0.05, 0.1) is 0 Å². The second kappa shape index (κ2) is 7.49. The van der Waals surface area contributed by atoms with Crippen molar-refractivity contribution in [2.24, 2.45) is 0 Å². The number of likely N-dealkylation sites (N-methyl/N-ethyl adjacent to an activating group) is 1. The smallest absolute Gasteiger partial charge is 0.0270 e. The molecule has 15 heavy (non-hydrogen) atoms. The van der Waals surface area contributed by atoms with E-state index in [2.05, 4.69) is 53.8 Å². The molecule has 0 unspecified atom stereocenters. The van der Waals surface area contributed by atoms with Crippen LogP contribution in [0.25, 0.3) is 0 Å². The molecule has 1 aromatic rings. The summed E-state index contributed by atoms with van der Waals surface area (Å²) in [6, 6.07) is 4.13. The molecular formula is C12H18N2S. The highest BCUT2D eigenvalue weighted by atomic mass is 32.1. The van der Waals surface area contributed by atoms with Crippen molar-refractivity contribution >= 4 is 12.6 Å². The third kappa shape index (κ3) is 5.60. The first-order valence-electron chi connectivity index (χ1n) is 5.16. The molecule has 0 atom stereocenters. The molecule has 0 spiro atoms. The Morgan fingerprint density at radius 3 is 2.73 bits per heavy atom. The monoisotopic (exact) mass is 222 g/mol. The van der Waals surface area contributed by atoms with Crippen LogP contribution < -0.4 is 0 Å². The quantitative estimate of drug-likeness (QED) is 0.586. The lowest BCUT2D eigenvalue weighted by Crippen LogP contribution is -2.21. The lowest BCUT2D eigenvalue weighted by atomic mass is 10.2. The molecule has 1 heterocycles. The third-order valence-corrected chi connectivity index (χ3v) is 2.43. The topological polar surface area (TPSA) is 16.1 Å². The maximum atomic E-state index is 4.12. The van der Waals surface area contributed by atoms with Gasteiger partial charge in [0.15, 0.2) is 0 Å². The number of nitrogens with zero attached hydrogens (tertiary/aromatic N) is 2. The van der Waals surface area contributed by atoms with E-state index >= 15 is 0 Å². The Morgan fingerprint density at radius 1 is 1.33 bits per heavy atom. The summed E-state index contributed by atoms with van der Waals surface area (Å²) in [6.45, 7) is 2.06. The van der Waals surface area contributed by atoms with Crippen molar-refractivity contribution < 1.29 is 0 Å². The van der Waals surface area contributed by atoms with Gasteiger partial charge in [-0.15, -0.1) is 0 Å². The molecule has 0 radical (unpaired) electrons. The van der Waals surface area contributed by atoms with Crippen molar-refractivity contribution in [1.29, 1.82) is 0 Å². The maximum Gasteiger partial charge on any atom is 0.0270 e. The van der Waals surface area contributed by atoms with Crippen LogP contribution in [0.15, 0.2) is 36.7 Å². The Morgan fingerprint density at radius 2 is 2.07 bits per heavy atom. The average molecular weight is 222 g/mol. The minimum Gasteiger partial charge on any atom is -0.302 e. The molecule has 0 aliphatic carbocycles. The zero-order valence-electron chi connectivity index (χ0n) is 9.13. The number of pyridine rings is 1. The summed E-state index contributed by atoms with van der Waals surface area (Å²) in [5.41, 5.74) is 1.34. The molecule has 1 rings (SSSR count). The Bertz CT molecular complexity index is 285. The SMILES string of the molecule is CN(CC=CCS)CCc1ccncc1. The first-order valence-corrected chi connectivity index (χ1v) is 5.79. The first-order chi connectivity index (χ1) is 7.33. The van der Waals surface area contributed by atoms with Gasteiger partial charge in [0, 0.05) is 31.2 Å². The highest BCUT2D eigenvalue weighted by Crippen LogP contribution is 1.98. The molecule has 2 nitrogen and oxygen atoms in total. The summed E-state index contributed by atoms with van der Waals surface area (Å²) in [5, 5.41) is 0. The van der Waals surface area contributed by atoms with Gasteiger partial charge in [-0.1, -0.05) is 12.2 Å². The summed E-state index contributed by atoms with van der Waals surface area (Å²) in [5.74, 6) is 0.818. The van der Waals surface area contributed by atoms with Crippen molar-refractivity contribution in [3.63, 3.8) is 0 Å². The van der Waals surface area contributed by atoms with Crippen LogP contribution >= 0.6 is 12.6 Å².